The van der Waals surface area contributed by atoms with Gasteiger partial charge in [-0.05, 0) is 31.5 Å². The number of aryl methyl sites for hydroxylation is 1. The number of rotatable bonds is 4. The van der Waals surface area contributed by atoms with Crippen LogP contribution in [0.4, 0.5) is 11.4 Å². The van der Waals surface area contributed by atoms with E-state index >= 15 is 0 Å². The lowest BCUT2D eigenvalue weighted by Crippen LogP contribution is -1.99. The number of nitro groups is 1. The van der Waals surface area contributed by atoms with E-state index in [0.29, 0.717) is 5.69 Å². The van der Waals surface area contributed by atoms with Crippen LogP contribution < -0.4 is 0 Å². The van der Waals surface area contributed by atoms with E-state index in [1.807, 2.05) is 13.0 Å². The summed E-state index contributed by atoms with van der Waals surface area (Å²) < 4.78 is 28.2. The molecule has 0 amide bonds. The van der Waals surface area contributed by atoms with Crippen LogP contribution >= 0.6 is 0 Å². The maximum absolute atomic E-state index is 12.2. The summed E-state index contributed by atoms with van der Waals surface area (Å²) in [5, 5.41) is 10.6. The van der Waals surface area contributed by atoms with Gasteiger partial charge in [0.25, 0.3) is 5.69 Å². The van der Waals surface area contributed by atoms with Crippen LogP contribution in [0.15, 0.2) is 47.4 Å². The van der Waals surface area contributed by atoms with Crippen LogP contribution in [0.2, 0.25) is 0 Å². The van der Waals surface area contributed by atoms with Crippen molar-refractivity contribution in [2.45, 2.75) is 18.7 Å². The molecule has 0 aromatic heterocycles. The fourth-order valence-electron chi connectivity index (χ4n) is 1.76. The maximum Gasteiger partial charge on any atom is 0.269 e. The molecule has 2 rings (SSSR count). The van der Waals surface area contributed by atoms with Crippen LogP contribution in [0.1, 0.15) is 11.1 Å². The summed E-state index contributed by atoms with van der Waals surface area (Å²) in [6, 6.07) is 9.87. The second kappa shape index (κ2) is 5.53. The Morgan fingerprint density at radius 2 is 1.67 bits per heavy atom. The Labute approximate surface area is 122 Å². The molecule has 0 aliphatic heterocycles. The fraction of sp³-hybridized carbons (Fsp3) is 0.143. The zero-order chi connectivity index (χ0) is 15.6. The van der Waals surface area contributed by atoms with Crippen molar-refractivity contribution >= 4 is 21.4 Å². The van der Waals surface area contributed by atoms with Gasteiger partial charge in [0.1, 0.15) is 10.0 Å². The number of hydrogen-bond donors (Lipinski definition) is 0. The number of nitro benzene ring substituents is 1. The second-order valence-corrected chi connectivity index (χ2v) is 6.14. The molecule has 0 unspecified atom stereocenters. The summed E-state index contributed by atoms with van der Waals surface area (Å²) in [4.78, 5) is 9.91. The van der Waals surface area contributed by atoms with Crippen LogP contribution in [0.5, 0.6) is 0 Å². The topological polar surface area (TPSA) is 91.4 Å². The van der Waals surface area contributed by atoms with E-state index < -0.39 is 14.9 Å². The molecule has 0 N–H and O–H groups in total. The number of nitrogens with zero attached hydrogens (tertiary/aromatic N) is 2. The van der Waals surface area contributed by atoms with Crippen LogP contribution in [-0.2, 0) is 10.0 Å². The highest BCUT2D eigenvalue weighted by atomic mass is 32.2. The van der Waals surface area contributed by atoms with E-state index in [1.54, 1.807) is 19.1 Å². The first kappa shape index (κ1) is 15.0. The van der Waals surface area contributed by atoms with E-state index in [9.17, 15) is 18.5 Å². The van der Waals surface area contributed by atoms with Crippen molar-refractivity contribution < 1.29 is 13.3 Å². The van der Waals surface area contributed by atoms with Crippen molar-refractivity contribution in [1.82, 2.24) is 0 Å². The molecule has 6 nitrogen and oxygen atoms in total. The molecule has 0 fully saturated rings. The fourth-order valence-corrected chi connectivity index (χ4v) is 2.80. The summed E-state index contributed by atoms with van der Waals surface area (Å²) >= 11 is 0. The molecule has 0 heterocycles. The second-order valence-electron chi connectivity index (χ2n) is 4.54. The molecule has 21 heavy (non-hydrogen) atoms. The highest BCUT2D eigenvalue weighted by Crippen LogP contribution is 2.32. The summed E-state index contributed by atoms with van der Waals surface area (Å²) in [5.41, 5.74) is 1.92. The highest BCUT2D eigenvalue weighted by Gasteiger charge is 2.09. The van der Waals surface area contributed by atoms with Crippen LogP contribution in [0, 0.1) is 24.0 Å². The van der Waals surface area contributed by atoms with Gasteiger partial charge in [-0.1, -0.05) is 23.8 Å². The zero-order valence-electron chi connectivity index (χ0n) is 11.5. The lowest BCUT2D eigenvalue weighted by Gasteiger charge is -2.24. The van der Waals surface area contributed by atoms with Gasteiger partial charge >= 0.3 is 0 Å². The highest BCUT2D eigenvalue weighted by molar-refractivity contribution is 7.94. The average Bonchev–Trinajstić information content (AvgIpc) is 2.44. The lowest BCUT2D eigenvalue weighted by atomic mass is 10.1. The molecule has 0 bridgehead atoms. The molecule has 0 saturated carbocycles. The molecule has 0 aliphatic rings. The summed E-state index contributed by atoms with van der Waals surface area (Å²) in [5.74, 6) is 0. The molecular formula is C14H13N2O4S-. The molecular weight excluding hydrogens is 292 g/mol. The molecule has 7 heteroatoms. The molecule has 2 aromatic carbocycles. The van der Waals surface area contributed by atoms with Crippen LogP contribution in [0.3, 0.4) is 0 Å². The Bertz CT molecular complexity index is 783. The quantitative estimate of drug-likeness (QED) is 0.637. The molecule has 0 saturated heterocycles. The van der Waals surface area contributed by atoms with Gasteiger partial charge in [0, 0.05) is 12.1 Å². The van der Waals surface area contributed by atoms with Crippen molar-refractivity contribution in [3.63, 3.8) is 0 Å². The van der Waals surface area contributed by atoms with Crippen molar-refractivity contribution in [3.8, 4) is 0 Å². The first-order valence-electron chi connectivity index (χ1n) is 6.10. The largest absolute Gasteiger partial charge is 0.572 e. The third kappa shape index (κ3) is 3.19. The van der Waals surface area contributed by atoms with Crippen molar-refractivity contribution in [2.24, 2.45) is 0 Å². The van der Waals surface area contributed by atoms with Gasteiger partial charge in [-0.25, -0.2) is 8.42 Å². The molecule has 0 aliphatic carbocycles. The Morgan fingerprint density at radius 3 is 2.24 bits per heavy atom. The van der Waals surface area contributed by atoms with E-state index in [-0.39, 0.29) is 10.6 Å². The van der Waals surface area contributed by atoms with E-state index in [1.165, 1.54) is 12.1 Å². The number of hydrogen-bond acceptors (Lipinski definition) is 4. The van der Waals surface area contributed by atoms with Crippen LogP contribution in [0.25, 0.3) is 4.72 Å². The van der Waals surface area contributed by atoms with Gasteiger partial charge < -0.3 is 4.72 Å². The van der Waals surface area contributed by atoms with Gasteiger partial charge in [0.2, 0.25) is 0 Å². The van der Waals surface area contributed by atoms with E-state index in [0.717, 1.165) is 23.3 Å². The monoisotopic (exact) mass is 305 g/mol. The van der Waals surface area contributed by atoms with Gasteiger partial charge in [-0.15, -0.1) is 5.69 Å². The number of sulfonamides is 1. The first-order chi connectivity index (χ1) is 9.81. The van der Waals surface area contributed by atoms with Gasteiger partial charge in [-0.3, -0.25) is 10.1 Å². The third-order valence-electron chi connectivity index (χ3n) is 3.14. The molecule has 110 valence electrons. The Hall–Kier alpha value is -2.41. The van der Waals surface area contributed by atoms with Crippen LogP contribution in [-0.4, -0.2) is 13.3 Å². The Balaban J connectivity index is 2.34. The molecule has 0 spiro atoms. The van der Waals surface area contributed by atoms with E-state index in [4.69, 9.17) is 0 Å². The van der Waals surface area contributed by atoms with Gasteiger partial charge in [0.05, 0.1) is 9.82 Å². The molecule has 0 radical (unpaired) electrons. The van der Waals surface area contributed by atoms with Crippen molar-refractivity contribution in [3.05, 3.63) is 68.4 Å². The zero-order valence-corrected chi connectivity index (χ0v) is 12.3. The SMILES string of the molecule is Cc1cccc([N-]S(=O)(=O)c2ccc([N+](=O)[O-])cc2)c1C. The maximum atomic E-state index is 12.2. The minimum absolute atomic E-state index is 0.0750. The normalized spacial score (nSPS) is 11.1. The molecule has 2 aromatic rings. The van der Waals surface area contributed by atoms with E-state index in [2.05, 4.69) is 4.72 Å². The smallest absolute Gasteiger partial charge is 0.269 e. The standard InChI is InChI=1S/C14H13N2O4S/c1-10-4-3-5-14(11(10)2)15-21(19,20)13-8-6-12(7-9-13)16(17)18/h3-9H,1-2H3/q-1. The summed E-state index contributed by atoms with van der Waals surface area (Å²) in [7, 11) is -3.89. The predicted molar refractivity (Wildman–Crippen MR) is 79.2 cm³/mol. The minimum Gasteiger partial charge on any atom is -0.572 e. The van der Waals surface area contributed by atoms with Crippen molar-refractivity contribution in [2.75, 3.05) is 0 Å². The lowest BCUT2D eigenvalue weighted by molar-refractivity contribution is -0.384. The van der Waals surface area contributed by atoms with Crippen molar-refractivity contribution in [1.29, 1.82) is 0 Å². The Morgan fingerprint density at radius 1 is 1.05 bits per heavy atom. The first-order valence-corrected chi connectivity index (χ1v) is 7.54. The minimum atomic E-state index is -3.89. The van der Waals surface area contributed by atoms with Gasteiger partial charge in [-0.2, -0.15) is 0 Å². The predicted octanol–water partition coefficient (Wildman–Crippen LogP) is 3.61. The average molecular weight is 305 g/mol. The van der Waals surface area contributed by atoms with Gasteiger partial charge in [0.15, 0.2) is 0 Å². The summed E-state index contributed by atoms with van der Waals surface area (Å²) in [6.45, 7) is 3.66. The Kier molecular flexibility index (Phi) is 3.95. The molecule has 0 atom stereocenters. The number of benzene rings is 2. The third-order valence-corrected chi connectivity index (χ3v) is 4.44. The summed E-state index contributed by atoms with van der Waals surface area (Å²) in [6.07, 6.45) is 0. The number of non-ortho nitro benzene ring substituents is 1.